The summed E-state index contributed by atoms with van der Waals surface area (Å²) in [6.45, 7) is 4.67. The van der Waals surface area contributed by atoms with Crippen LogP contribution in [0.15, 0.2) is 35.1 Å². The number of amides is 1. The lowest BCUT2D eigenvalue weighted by Crippen LogP contribution is -2.26. The van der Waals surface area contributed by atoms with E-state index >= 15 is 0 Å². The maximum atomic E-state index is 12.0. The number of hydrogen-bond acceptors (Lipinski definition) is 5. The molecule has 2 aromatic heterocycles. The van der Waals surface area contributed by atoms with E-state index in [9.17, 15) is 9.90 Å². The highest BCUT2D eigenvalue weighted by Crippen LogP contribution is 2.21. The van der Waals surface area contributed by atoms with E-state index in [-0.39, 0.29) is 23.6 Å². The summed E-state index contributed by atoms with van der Waals surface area (Å²) < 4.78 is 5.18. The number of nitrogens with one attached hydrogen (secondary N) is 1. The van der Waals surface area contributed by atoms with Gasteiger partial charge in [-0.15, -0.1) is 0 Å². The molecule has 0 fully saturated rings. The van der Waals surface area contributed by atoms with Crippen molar-refractivity contribution in [2.24, 2.45) is 5.41 Å². The minimum atomic E-state index is -0.258. The van der Waals surface area contributed by atoms with Gasteiger partial charge in [-0.3, -0.25) is 9.78 Å². The number of rotatable bonds is 7. The van der Waals surface area contributed by atoms with Gasteiger partial charge >= 0.3 is 0 Å². The number of pyridine rings is 1. The van der Waals surface area contributed by atoms with Gasteiger partial charge in [0.25, 0.3) is 5.91 Å². The number of carbonyl (C=O) groups is 1. The van der Waals surface area contributed by atoms with Gasteiger partial charge in [-0.05, 0) is 30.4 Å². The maximum absolute atomic E-state index is 12.0. The molecule has 6 heteroatoms. The van der Waals surface area contributed by atoms with E-state index in [4.69, 9.17) is 4.52 Å². The molecule has 0 aliphatic carbocycles. The Balaban J connectivity index is 1.85. The fourth-order valence-electron chi connectivity index (χ4n) is 1.97. The SMILES string of the molecule is CC(C)(CO)CCCNC(=O)c1cc(-c2ccncc2)on1. The third-order valence-corrected chi connectivity index (χ3v) is 3.45. The number of hydrogen-bond donors (Lipinski definition) is 2. The first-order valence-electron chi connectivity index (χ1n) is 7.28. The van der Waals surface area contributed by atoms with Crippen LogP contribution in [0.2, 0.25) is 0 Å². The van der Waals surface area contributed by atoms with E-state index in [1.54, 1.807) is 30.6 Å². The summed E-state index contributed by atoms with van der Waals surface area (Å²) in [6, 6.07) is 5.20. The molecule has 0 aromatic carbocycles. The van der Waals surface area contributed by atoms with Gasteiger partial charge < -0.3 is 14.9 Å². The molecule has 0 spiro atoms. The molecule has 118 valence electrons. The lowest BCUT2D eigenvalue weighted by atomic mass is 9.89. The van der Waals surface area contributed by atoms with E-state index in [0.29, 0.717) is 12.3 Å². The zero-order valence-electron chi connectivity index (χ0n) is 12.9. The Kier molecular flexibility index (Phi) is 5.27. The average molecular weight is 303 g/mol. The quantitative estimate of drug-likeness (QED) is 0.766. The van der Waals surface area contributed by atoms with Crippen LogP contribution in [0.5, 0.6) is 0 Å². The molecule has 22 heavy (non-hydrogen) atoms. The van der Waals surface area contributed by atoms with E-state index in [0.717, 1.165) is 18.4 Å². The van der Waals surface area contributed by atoms with Crippen molar-refractivity contribution in [2.75, 3.05) is 13.2 Å². The molecular formula is C16H21N3O3. The number of aliphatic hydroxyl groups excluding tert-OH is 1. The van der Waals surface area contributed by atoms with Crippen LogP contribution in [0.1, 0.15) is 37.2 Å². The minimum Gasteiger partial charge on any atom is -0.396 e. The minimum absolute atomic E-state index is 0.118. The second-order valence-electron chi connectivity index (χ2n) is 5.99. The first-order valence-corrected chi connectivity index (χ1v) is 7.28. The third-order valence-electron chi connectivity index (χ3n) is 3.45. The van der Waals surface area contributed by atoms with Crippen molar-refractivity contribution in [2.45, 2.75) is 26.7 Å². The molecule has 0 unspecified atom stereocenters. The second-order valence-corrected chi connectivity index (χ2v) is 5.99. The van der Waals surface area contributed by atoms with Gasteiger partial charge in [0.1, 0.15) is 0 Å². The van der Waals surface area contributed by atoms with E-state index < -0.39 is 0 Å². The van der Waals surface area contributed by atoms with Crippen LogP contribution in [0.25, 0.3) is 11.3 Å². The maximum Gasteiger partial charge on any atom is 0.273 e. The van der Waals surface area contributed by atoms with Gasteiger partial charge in [-0.1, -0.05) is 19.0 Å². The molecule has 2 N–H and O–H groups in total. The number of nitrogens with zero attached hydrogens (tertiary/aromatic N) is 2. The smallest absolute Gasteiger partial charge is 0.273 e. The highest BCUT2D eigenvalue weighted by atomic mass is 16.5. The van der Waals surface area contributed by atoms with E-state index in [1.807, 2.05) is 13.8 Å². The fourth-order valence-corrected chi connectivity index (χ4v) is 1.97. The van der Waals surface area contributed by atoms with Crippen molar-refractivity contribution < 1.29 is 14.4 Å². The average Bonchev–Trinajstić information content (AvgIpc) is 3.02. The van der Waals surface area contributed by atoms with Crippen molar-refractivity contribution in [1.29, 1.82) is 0 Å². The third kappa shape index (κ3) is 4.39. The molecule has 2 heterocycles. The molecule has 1 amide bonds. The van der Waals surface area contributed by atoms with Crippen LogP contribution in [-0.2, 0) is 0 Å². The summed E-state index contributed by atoms with van der Waals surface area (Å²) in [5.74, 6) is 0.278. The number of carbonyl (C=O) groups excluding carboxylic acids is 1. The Hall–Kier alpha value is -2.21. The molecule has 2 rings (SSSR count). The molecule has 0 aliphatic rings. The van der Waals surface area contributed by atoms with E-state index in [2.05, 4.69) is 15.5 Å². The lowest BCUT2D eigenvalue weighted by molar-refractivity contribution is 0.0939. The first-order chi connectivity index (χ1) is 10.5. The molecule has 0 atom stereocenters. The van der Waals surface area contributed by atoms with Crippen molar-refractivity contribution in [3.63, 3.8) is 0 Å². The molecule has 0 radical (unpaired) electrons. The molecule has 0 saturated carbocycles. The van der Waals surface area contributed by atoms with Crippen LogP contribution in [0, 0.1) is 5.41 Å². The fraction of sp³-hybridized carbons (Fsp3) is 0.438. The summed E-state index contributed by atoms with van der Waals surface area (Å²) in [7, 11) is 0. The number of aliphatic hydroxyl groups is 1. The van der Waals surface area contributed by atoms with Crippen LogP contribution in [0.3, 0.4) is 0 Å². The van der Waals surface area contributed by atoms with Crippen LogP contribution >= 0.6 is 0 Å². The van der Waals surface area contributed by atoms with Gasteiger partial charge in [0.2, 0.25) is 0 Å². The standard InChI is InChI=1S/C16H21N3O3/c1-16(2,11-20)6-3-7-18-15(21)13-10-14(22-19-13)12-4-8-17-9-5-12/h4-5,8-10,20H,3,6-7,11H2,1-2H3,(H,18,21). The second kappa shape index (κ2) is 7.17. The normalized spacial score (nSPS) is 11.4. The monoisotopic (exact) mass is 303 g/mol. The van der Waals surface area contributed by atoms with Crippen molar-refractivity contribution in [1.82, 2.24) is 15.5 Å². The Labute approximate surface area is 129 Å². The summed E-state index contributed by atoms with van der Waals surface area (Å²) in [4.78, 5) is 15.9. The van der Waals surface area contributed by atoms with Crippen molar-refractivity contribution in [3.8, 4) is 11.3 Å². The van der Waals surface area contributed by atoms with Gasteiger partial charge in [-0.25, -0.2) is 0 Å². The topological polar surface area (TPSA) is 88.2 Å². The molecule has 6 nitrogen and oxygen atoms in total. The Morgan fingerprint density at radius 2 is 2.09 bits per heavy atom. The van der Waals surface area contributed by atoms with Crippen LogP contribution in [0.4, 0.5) is 0 Å². The highest BCUT2D eigenvalue weighted by molar-refractivity contribution is 5.93. The number of aromatic nitrogens is 2. The predicted octanol–water partition coefficient (Wildman–Crippen LogP) is 2.27. The molecular weight excluding hydrogens is 282 g/mol. The van der Waals surface area contributed by atoms with Gasteiger partial charge in [0.15, 0.2) is 11.5 Å². The van der Waals surface area contributed by atoms with Gasteiger partial charge in [0, 0.05) is 37.2 Å². The van der Waals surface area contributed by atoms with Crippen molar-refractivity contribution in [3.05, 3.63) is 36.3 Å². The summed E-state index contributed by atoms with van der Waals surface area (Å²) >= 11 is 0. The van der Waals surface area contributed by atoms with Gasteiger partial charge in [0.05, 0.1) is 0 Å². The van der Waals surface area contributed by atoms with Crippen LogP contribution in [-0.4, -0.2) is 34.3 Å². The molecule has 0 saturated heterocycles. The van der Waals surface area contributed by atoms with Crippen LogP contribution < -0.4 is 5.32 Å². The zero-order valence-corrected chi connectivity index (χ0v) is 12.9. The van der Waals surface area contributed by atoms with Crippen molar-refractivity contribution >= 4 is 5.91 Å². The first kappa shape index (κ1) is 16.2. The summed E-state index contributed by atoms with van der Waals surface area (Å²) in [5, 5.41) is 15.8. The Morgan fingerprint density at radius 1 is 1.36 bits per heavy atom. The largest absolute Gasteiger partial charge is 0.396 e. The highest BCUT2D eigenvalue weighted by Gasteiger charge is 2.17. The van der Waals surface area contributed by atoms with Gasteiger partial charge in [-0.2, -0.15) is 0 Å². The lowest BCUT2D eigenvalue weighted by Gasteiger charge is -2.20. The van der Waals surface area contributed by atoms with E-state index in [1.165, 1.54) is 0 Å². The predicted molar refractivity (Wildman–Crippen MR) is 82.2 cm³/mol. The molecule has 0 bridgehead atoms. The summed E-state index contributed by atoms with van der Waals surface area (Å²) in [6.07, 6.45) is 4.94. The molecule has 2 aromatic rings. The summed E-state index contributed by atoms with van der Waals surface area (Å²) in [5.41, 5.74) is 0.965. The Bertz CT molecular complexity index is 608. The molecule has 0 aliphatic heterocycles. The Morgan fingerprint density at radius 3 is 2.77 bits per heavy atom. The zero-order chi connectivity index (χ0) is 16.0.